The smallest absolute Gasteiger partial charge is 0.120 e. The summed E-state index contributed by atoms with van der Waals surface area (Å²) in [4.78, 5) is 7.42. The minimum Gasteiger partial charge on any atom is -0.497 e. The van der Waals surface area contributed by atoms with Gasteiger partial charge in [-0.05, 0) is 82.4 Å². The van der Waals surface area contributed by atoms with Crippen molar-refractivity contribution in [2.45, 2.75) is 45.3 Å². The van der Waals surface area contributed by atoms with Crippen molar-refractivity contribution in [2.75, 3.05) is 40.3 Å². The Morgan fingerprint density at radius 1 is 1.23 bits per heavy atom. The summed E-state index contributed by atoms with van der Waals surface area (Å²) in [5.41, 5.74) is 0.433. The summed E-state index contributed by atoms with van der Waals surface area (Å²) in [6, 6.07) is 12.7. The average Bonchev–Trinajstić information content (AvgIpc) is 3.18. The summed E-state index contributed by atoms with van der Waals surface area (Å²) in [5, 5.41) is 9.77. The van der Waals surface area contributed by atoms with Crippen LogP contribution >= 0.6 is 11.3 Å². The van der Waals surface area contributed by atoms with Crippen LogP contribution in [-0.2, 0) is 13.0 Å². The summed E-state index contributed by atoms with van der Waals surface area (Å²) in [6.45, 7) is 9.04. The number of likely N-dealkylation sites (tertiary alicyclic amines) is 1. The van der Waals surface area contributed by atoms with Crippen LogP contribution in [0.25, 0.3) is 0 Å². The summed E-state index contributed by atoms with van der Waals surface area (Å²) in [5.74, 6) is 7.63. The van der Waals surface area contributed by atoms with Crippen molar-refractivity contribution in [3.05, 3.63) is 51.7 Å². The fraction of sp³-hybridized carbons (Fsp3) is 0.538. The van der Waals surface area contributed by atoms with E-state index in [2.05, 4.69) is 65.1 Å². The van der Waals surface area contributed by atoms with Crippen LogP contribution in [0.4, 0.5) is 0 Å². The van der Waals surface area contributed by atoms with Gasteiger partial charge in [0.1, 0.15) is 11.4 Å². The highest BCUT2D eigenvalue weighted by molar-refractivity contribution is 7.12. The van der Waals surface area contributed by atoms with E-state index in [0.717, 1.165) is 42.6 Å². The molecule has 2 aromatic rings. The van der Waals surface area contributed by atoms with Crippen LogP contribution in [0.2, 0.25) is 0 Å². The molecule has 31 heavy (non-hydrogen) atoms. The Morgan fingerprint density at radius 3 is 2.71 bits per heavy atom. The number of aliphatic hydroxyl groups is 1. The standard InChI is InChI=1S/C26H36N2O2S/c1-26(2,29)15-13-24-11-12-25(31-24)20-27(3)18-22-6-5-16-28(19-22)17-14-21-7-9-23(30-4)10-8-21/h7-12,22,29H,5-6,14,16-20H2,1-4H3/t22-/m0/s1. The van der Waals surface area contributed by atoms with Gasteiger partial charge >= 0.3 is 0 Å². The Hall–Kier alpha value is -1.84. The monoisotopic (exact) mass is 440 g/mol. The van der Waals surface area contributed by atoms with Gasteiger partial charge in [0.2, 0.25) is 0 Å². The number of nitrogens with zero attached hydrogens (tertiary/aromatic N) is 2. The van der Waals surface area contributed by atoms with Gasteiger partial charge in [-0.1, -0.05) is 24.0 Å². The SMILES string of the molecule is COc1ccc(CCN2CCC[C@@H](CN(C)Cc3ccc(C#CC(C)(C)O)s3)C2)cc1. The van der Waals surface area contributed by atoms with E-state index in [4.69, 9.17) is 4.74 Å². The lowest BCUT2D eigenvalue weighted by molar-refractivity contribution is 0.142. The lowest BCUT2D eigenvalue weighted by atomic mass is 9.97. The first-order valence-electron chi connectivity index (χ1n) is 11.2. The molecule has 0 spiro atoms. The third-order valence-corrected chi connectivity index (χ3v) is 6.61. The molecule has 1 atom stereocenters. The molecule has 1 fully saturated rings. The zero-order chi connectivity index (χ0) is 22.3. The quantitative estimate of drug-likeness (QED) is 0.622. The van der Waals surface area contributed by atoms with Crippen LogP contribution in [0.5, 0.6) is 5.75 Å². The van der Waals surface area contributed by atoms with Gasteiger partial charge in [0.25, 0.3) is 0 Å². The van der Waals surface area contributed by atoms with Crippen molar-refractivity contribution in [3.8, 4) is 17.6 Å². The molecule has 0 bridgehead atoms. The van der Waals surface area contributed by atoms with E-state index < -0.39 is 5.60 Å². The first-order valence-corrected chi connectivity index (χ1v) is 12.0. The van der Waals surface area contributed by atoms with Crippen LogP contribution in [0.1, 0.15) is 42.0 Å². The van der Waals surface area contributed by atoms with Gasteiger partial charge in [0, 0.05) is 31.1 Å². The number of methoxy groups -OCH3 is 1. The van der Waals surface area contributed by atoms with Gasteiger partial charge in [-0.3, -0.25) is 0 Å². The van der Waals surface area contributed by atoms with Crippen molar-refractivity contribution in [1.82, 2.24) is 9.80 Å². The second-order valence-electron chi connectivity index (χ2n) is 9.18. The fourth-order valence-corrected chi connectivity index (χ4v) is 5.04. The van der Waals surface area contributed by atoms with Gasteiger partial charge in [0.05, 0.1) is 12.0 Å². The van der Waals surface area contributed by atoms with Crippen molar-refractivity contribution in [1.29, 1.82) is 0 Å². The maximum atomic E-state index is 9.77. The summed E-state index contributed by atoms with van der Waals surface area (Å²) < 4.78 is 5.25. The fourth-order valence-electron chi connectivity index (χ4n) is 4.10. The molecule has 1 aliphatic heterocycles. The highest BCUT2D eigenvalue weighted by Crippen LogP contribution is 2.21. The van der Waals surface area contributed by atoms with Crippen LogP contribution in [0.3, 0.4) is 0 Å². The molecule has 0 amide bonds. The van der Waals surface area contributed by atoms with Crippen LogP contribution < -0.4 is 4.74 Å². The van der Waals surface area contributed by atoms with Crippen LogP contribution in [-0.4, -0.2) is 60.8 Å². The minimum absolute atomic E-state index is 0.726. The minimum atomic E-state index is -0.943. The van der Waals surface area contributed by atoms with E-state index in [1.807, 2.05) is 0 Å². The first kappa shape index (κ1) is 23.8. The molecule has 0 unspecified atom stereocenters. The zero-order valence-corrected chi connectivity index (χ0v) is 20.2. The molecule has 1 saturated heterocycles. The molecule has 1 aromatic heterocycles. The third kappa shape index (κ3) is 8.31. The molecule has 4 nitrogen and oxygen atoms in total. The van der Waals surface area contributed by atoms with Crippen LogP contribution in [0, 0.1) is 17.8 Å². The number of hydrogen-bond acceptors (Lipinski definition) is 5. The predicted molar refractivity (Wildman–Crippen MR) is 130 cm³/mol. The Balaban J connectivity index is 1.44. The number of rotatable bonds is 8. The summed E-state index contributed by atoms with van der Waals surface area (Å²) in [6.07, 6.45) is 3.70. The molecule has 1 aromatic carbocycles. The number of thiophene rings is 1. The topological polar surface area (TPSA) is 35.9 Å². The molecule has 0 radical (unpaired) electrons. The van der Waals surface area contributed by atoms with Gasteiger partial charge in [0.15, 0.2) is 0 Å². The van der Waals surface area contributed by atoms with E-state index in [-0.39, 0.29) is 0 Å². The maximum absolute atomic E-state index is 9.77. The van der Waals surface area contributed by atoms with E-state index in [1.54, 1.807) is 32.3 Å². The molecule has 0 aliphatic carbocycles. The Kier molecular flexibility index (Phi) is 8.57. The first-order chi connectivity index (χ1) is 14.8. The second kappa shape index (κ2) is 11.2. The number of benzene rings is 1. The van der Waals surface area contributed by atoms with Gasteiger partial charge in [-0.25, -0.2) is 0 Å². The molecular weight excluding hydrogens is 404 g/mol. The van der Waals surface area contributed by atoms with E-state index >= 15 is 0 Å². The molecule has 1 aliphatic rings. The largest absolute Gasteiger partial charge is 0.497 e. The van der Waals surface area contributed by atoms with Gasteiger partial charge < -0.3 is 19.6 Å². The van der Waals surface area contributed by atoms with Crippen LogP contribution in [0.15, 0.2) is 36.4 Å². The van der Waals surface area contributed by atoms with Crippen molar-refractivity contribution in [3.63, 3.8) is 0 Å². The van der Waals surface area contributed by atoms with E-state index in [1.165, 1.54) is 36.4 Å². The second-order valence-corrected chi connectivity index (χ2v) is 10.3. The van der Waals surface area contributed by atoms with Crippen molar-refractivity contribution >= 4 is 11.3 Å². The molecule has 3 rings (SSSR count). The normalized spacial score (nSPS) is 17.4. The molecule has 5 heteroatoms. The average molecular weight is 441 g/mol. The van der Waals surface area contributed by atoms with Crippen molar-refractivity contribution < 1.29 is 9.84 Å². The van der Waals surface area contributed by atoms with E-state index in [9.17, 15) is 5.11 Å². The molecule has 2 heterocycles. The van der Waals surface area contributed by atoms with Gasteiger partial charge in [-0.2, -0.15) is 0 Å². The molecular formula is C26H36N2O2S. The number of ether oxygens (including phenoxy) is 1. The molecule has 1 N–H and O–H groups in total. The summed E-state index contributed by atoms with van der Waals surface area (Å²) >= 11 is 1.73. The number of piperidine rings is 1. The maximum Gasteiger partial charge on any atom is 0.120 e. The van der Waals surface area contributed by atoms with Gasteiger partial charge in [-0.15, -0.1) is 11.3 Å². The lowest BCUT2D eigenvalue weighted by Gasteiger charge is -2.34. The van der Waals surface area contributed by atoms with Crippen molar-refractivity contribution in [2.24, 2.45) is 5.92 Å². The number of hydrogen-bond donors (Lipinski definition) is 1. The molecule has 0 saturated carbocycles. The Bertz CT molecular complexity index is 873. The third-order valence-electron chi connectivity index (χ3n) is 5.63. The Morgan fingerprint density at radius 2 is 2.00 bits per heavy atom. The van der Waals surface area contributed by atoms with E-state index in [0.29, 0.717) is 0 Å². The summed E-state index contributed by atoms with van der Waals surface area (Å²) in [7, 11) is 3.93. The highest BCUT2D eigenvalue weighted by Gasteiger charge is 2.21. The highest BCUT2D eigenvalue weighted by atomic mass is 32.1. The lowest BCUT2D eigenvalue weighted by Crippen LogP contribution is -2.40. The predicted octanol–water partition coefficient (Wildman–Crippen LogP) is 4.27. The molecule has 168 valence electrons. The zero-order valence-electron chi connectivity index (χ0n) is 19.4. The Labute approximate surface area is 191 Å².